The molecule has 1 aliphatic rings. The normalized spacial score (nSPS) is 31.0. The number of nitrogens with two attached hydrogens (primary N) is 1. The molecule has 1 amide bonds. The Morgan fingerprint density at radius 1 is 1.53 bits per heavy atom. The Morgan fingerprint density at radius 2 is 2.18 bits per heavy atom. The third-order valence-electron chi connectivity index (χ3n) is 4.03. The molecule has 0 aromatic heterocycles. The van der Waals surface area contributed by atoms with Crippen molar-refractivity contribution in [3.05, 3.63) is 0 Å². The molecule has 0 aromatic carbocycles. The van der Waals surface area contributed by atoms with Gasteiger partial charge in [-0.1, -0.05) is 13.3 Å². The summed E-state index contributed by atoms with van der Waals surface area (Å²) >= 11 is 0. The number of carbonyl (C=O) groups excluding carboxylic acids is 1. The van der Waals surface area contributed by atoms with Crippen LogP contribution in [-0.2, 0) is 9.53 Å². The number of methoxy groups -OCH3 is 1. The summed E-state index contributed by atoms with van der Waals surface area (Å²) in [5.41, 5.74) is 6.16. The van der Waals surface area contributed by atoms with Crippen molar-refractivity contribution in [1.29, 1.82) is 0 Å². The molecule has 4 atom stereocenters. The molecule has 0 aromatic rings. The zero-order valence-electron chi connectivity index (χ0n) is 11.5. The van der Waals surface area contributed by atoms with Crippen LogP contribution in [0.4, 0.5) is 0 Å². The number of ether oxygens (including phenoxy) is 1. The third kappa shape index (κ3) is 3.42. The Hall–Kier alpha value is -0.610. The molecule has 4 unspecified atom stereocenters. The van der Waals surface area contributed by atoms with E-state index in [0.29, 0.717) is 12.5 Å². The van der Waals surface area contributed by atoms with E-state index >= 15 is 0 Å². The summed E-state index contributed by atoms with van der Waals surface area (Å²) in [7, 11) is 3.50. The highest BCUT2D eigenvalue weighted by molar-refractivity contribution is 5.79. The van der Waals surface area contributed by atoms with Gasteiger partial charge in [-0.05, 0) is 25.7 Å². The number of hydrogen-bond donors (Lipinski definition) is 1. The lowest BCUT2D eigenvalue weighted by Gasteiger charge is -2.36. The fourth-order valence-electron chi connectivity index (χ4n) is 2.56. The van der Waals surface area contributed by atoms with E-state index in [1.807, 2.05) is 14.0 Å². The number of hydrogen-bond acceptors (Lipinski definition) is 3. The second kappa shape index (κ2) is 6.36. The summed E-state index contributed by atoms with van der Waals surface area (Å²) in [6.07, 6.45) is 3.18. The SMILES string of the molecule is COCC(C)N(C)C(=O)C1CCCC(C)C1N. The fourth-order valence-corrected chi connectivity index (χ4v) is 2.56. The molecule has 0 radical (unpaired) electrons. The van der Waals surface area contributed by atoms with Crippen molar-refractivity contribution in [2.45, 2.75) is 45.2 Å². The van der Waals surface area contributed by atoms with Gasteiger partial charge in [0.2, 0.25) is 5.91 Å². The van der Waals surface area contributed by atoms with Gasteiger partial charge in [-0.3, -0.25) is 4.79 Å². The van der Waals surface area contributed by atoms with Gasteiger partial charge in [-0.2, -0.15) is 0 Å². The molecule has 1 fully saturated rings. The molecule has 1 aliphatic carbocycles. The lowest BCUT2D eigenvalue weighted by Crippen LogP contribution is -2.50. The maximum absolute atomic E-state index is 12.4. The maximum atomic E-state index is 12.4. The highest BCUT2D eigenvalue weighted by Crippen LogP contribution is 2.29. The Kier molecular flexibility index (Phi) is 5.40. The average Bonchev–Trinajstić information content (AvgIpc) is 2.31. The molecular weight excluding hydrogens is 216 g/mol. The van der Waals surface area contributed by atoms with Crippen LogP contribution in [0.15, 0.2) is 0 Å². The summed E-state index contributed by atoms with van der Waals surface area (Å²) < 4.78 is 5.09. The fraction of sp³-hybridized carbons (Fsp3) is 0.923. The molecule has 0 heterocycles. The minimum absolute atomic E-state index is 0.00782. The van der Waals surface area contributed by atoms with Crippen LogP contribution in [-0.4, -0.2) is 43.7 Å². The number of nitrogens with zero attached hydrogens (tertiary/aromatic N) is 1. The predicted octanol–water partition coefficient (Wildman–Crippen LogP) is 1.24. The zero-order chi connectivity index (χ0) is 13.0. The third-order valence-corrected chi connectivity index (χ3v) is 4.03. The second-order valence-electron chi connectivity index (χ2n) is 5.35. The van der Waals surface area contributed by atoms with Gasteiger partial charge in [-0.15, -0.1) is 0 Å². The van der Waals surface area contributed by atoms with E-state index in [1.165, 1.54) is 0 Å². The number of carbonyl (C=O) groups is 1. The molecule has 4 nitrogen and oxygen atoms in total. The van der Waals surface area contributed by atoms with Crippen LogP contribution in [0.2, 0.25) is 0 Å². The van der Waals surface area contributed by atoms with E-state index in [-0.39, 0.29) is 23.9 Å². The van der Waals surface area contributed by atoms with E-state index in [0.717, 1.165) is 19.3 Å². The lowest BCUT2D eigenvalue weighted by molar-refractivity contribution is -0.139. The van der Waals surface area contributed by atoms with Crippen LogP contribution in [0, 0.1) is 11.8 Å². The Morgan fingerprint density at radius 3 is 2.76 bits per heavy atom. The molecule has 4 heteroatoms. The van der Waals surface area contributed by atoms with Crippen molar-refractivity contribution in [2.24, 2.45) is 17.6 Å². The molecule has 0 aliphatic heterocycles. The summed E-state index contributed by atoms with van der Waals surface area (Å²) in [6.45, 7) is 4.71. The molecule has 17 heavy (non-hydrogen) atoms. The highest BCUT2D eigenvalue weighted by Gasteiger charge is 2.35. The molecular formula is C13H26N2O2. The van der Waals surface area contributed by atoms with Crippen molar-refractivity contribution < 1.29 is 9.53 Å². The smallest absolute Gasteiger partial charge is 0.227 e. The quantitative estimate of drug-likeness (QED) is 0.807. The number of rotatable bonds is 4. The summed E-state index contributed by atoms with van der Waals surface area (Å²) in [6, 6.07) is 0.116. The van der Waals surface area contributed by atoms with Crippen molar-refractivity contribution in [1.82, 2.24) is 4.90 Å². The van der Waals surface area contributed by atoms with Crippen LogP contribution in [0.5, 0.6) is 0 Å². The zero-order valence-corrected chi connectivity index (χ0v) is 11.5. The monoisotopic (exact) mass is 242 g/mol. The second-order valence-corrected chi connectivity index (χ2v) is 5.35. The van der Waals surface area contributed by atoms with Crippen LogP contribution >= 0.6 is 0 Å². The first-order valence-electron chi connectivity index (χ1n) is 6.50. The van der Waals surface area contributed by atoms with Gasteiger partial charge < -0.3 is 15.4 Å². The van der Waals surface area contributed by atoms with E-state index < -0.39 is 0 Å². The molecule has 0 bridgehead atoms. The lowest BCUT2D eigenvalue weighted by atomic mass is 9.77. The van der Waals surface area contributed by atoms with Gasteiger partial charge in [0.15, 0.2) is 0 Å². The van der Waals surface area contributed by atoms with Gasteiger partial charge >= 0.3 is 0 Å². The van der Waals surface area contributed by atoms with Crippen LogP contribution in [0.25, 0.3) is 0 Å². The molecule has 0 saturated heterocycles. The Bertz CT molecular complexity index is 258. The van der Waals surface area contributed by atoms with Crippen LogP contribution in [0.3, 0.4) is 0 Å². The molecule has 100 valence electrons. The van der Waals surface area contributed by atoms with Crippen molar-refractivity contribution in [3.8, 4) is 0 Å². The Balaban J connectivity index is 2.61. The first kappa shape index (κ1) is 14.5. The predicted molar refractivity (Wildman–Crippen MR) is 68.6 cm³/mol. The highest BCUT2D eigenvalue weighted by atomic mass is 16.5. The number of likely N-dealkylation sites (N-methyl/N-ethyl adjacent to an activating group) is 1. The van der Waals surface area contributed by atoms with Gasteiger partial charge in [0.1, 0.15) is 0 Å². The van der Waals surface area contributed by atoms with E-state index in [1.54, 1.807) is 12.0 Å². The summed E-state index contributed by atoms with van der Waals surface area (Å²) in [5.74, 6) is 0.612. The van der Waals surface area contributed by atoms with Crippen LogP contribution in [0.1, 0.15) is 33.1 Å². The van der Waals surface area contributed by atoms with E-state index in [9.17, 15) is 4.79 Å². The topological polar surface area (TPSA) is 55.6 Å². The number of amides is 1. The minimum Gasteiger partial charge on any atom is -0.383 e. The molecule has 2 N–H and O–H groups in total. The van der Waals surface area contributed by atoms with Crippen LogP contribution < -0.4 is 5.73 Å². The van der Waals surface area contributed by atoms with E-state index in [2.05, 4.69) is 6.92 Å². The summed E-state index contributed by atoms with van der Waals surface area (Å²) in [4.78, 5) is 14.1. The molecule has 1 saturated carbocycles. The molecule has 1 rings (SSSR count). The largest absolute Gasteiger partial charge is 0.383 e. The van der Waals surface area contributed by atoms with Gasteiger partial charge in [-0.25, -0.2) is 0 Å². The first-order valence-corrected chi connectivity index (χ1v) is 6.50. The van der Waals surface area contributed by atoms with Gasteiger partial charge in [0.05, 0.1) is 18.6 Å². The van der Waals surface area contributed by atoms with E-state index in [4.69, 9.17) is 10.5 Å². The van der Waals surface area contributed by atoms with Gasteiger partial charge in [0, 0.05) is 20.2 Å². The van der Waals surface area contributed by atoms with Gasteiger partial charge in [0.25, 0.3) is 0 Å². The van der Waals surface area contributed by atoms with Crippen molar-refractivity contribution in [3.63, 3.8) is 0 Å². The standard InChI is InChI=1S/C13H26N2O2/c1-9-6-5-7-11(12(9)14)13(16)15(3)10(2)8-17-4/h9-12H,5-8,14H2,1-4H3. The molecule has 0 spiro atoms. The van der Waals surface area contributed by atoms with Crippen molar-refractivity contribution >= 4 is 5.91 Å². The average molecular weight is 242 g/mol. The minimum atomic E-state index is -0.0111. The maximum Gasteiger partial charge on any atom is 0.227 e. The Labute approximate surface area is 104 Å². The van der Waals surface area contributed by atoms with Crippen molar-refractivity contribution in [2.75, 3.05) is 20.8 Å². The summed E-state index contributed by atoms with van der Waals surface area (Å²) in [5, 5.41) is 0. The first-order chi connectivity index (χ1) is 7.99.